The minimum Gasteiger partial charge on any atom is -0.320 e. The molecule has 2 aromatic heterocycles. The fraction of sp³-hybridized carbons (Fsp3) is 0.0400. The molecular formula is C25H17FN4O2S. The number of thiazole rings is 1. The minimum atomic E-state index is -0.625. The summed E-state index contributed by atoms with van der Waals surface area (Å²) < 4.78 is 15.7. The van der Waals surface area contributed by atoms with Crippen LogP contribution in [-0.4, -0.2) is 20.7 Å². The van der Waals surface area contributed by atoms with Crippen molar-refractivity contribution in [2.45, 2.75) is 6.92 Å². The van der Waals surface area contributed by atoms with Crippen LogP contribution in [0.25, 0.3) is 26.5 Å². The number of anilines is 1. The van der Waals surface area contributed by atoms with Crippen LogP contribution in [0.3, 0.4) is 0 Å². The smallest absolute Gasteiger partial charge is 0.280 e. The molecule has 8 heteroatoms. The Labute approximate surface area is 192 Å². The molecule has 162 valence electrons. The van der Waals surface area contributed by atoms with Crippen LogP contribution in [-0.2, 0) is 0 Å². The molecule has 0 aliphatic heterocycles. The van der Waals surface area contributed by atoms with E-state index in [4.69, 9.17) is 0 Å². The highest BCUT2D eigenvalue weighted by molar-refractivity contribution is 7.21. The van der Waals surface area contributed by atoms with E-state index in [0.717, 1.165) is 20.8 Å². The first-order valence-corrected chi connectivity index (χ1v) is 10.9. The molecule has 5 aromatic rings. The highest BCUT2D eigenvalue weighted by Gasteiger charge is 2.14. The Bertz CT molecular complexity index is 1540. The maximum atomic E-state index is 13.2. The molecule has 0 fully saturated rings. The summed E-state index contributed by atoms with van der Waals surface area (Å²) in [5.41, 5.74) is 3.36. The molecule has 0 saturated carbocycles. The average molecular weight is 457 g/mol. The third-order valence-electron chi connectivity index (χ3n) is 5.05. The van der Waals surface area contributed by atoms with E-state index in [0.29, 0.717) is 11.4 Å². The van der Waals surface area contributed by atoms with E-state index in [1.165, 1.54) is 46.8 Å². The lowest BCUT2D eigenvalue weighted by molar-refractivity contribution is 0.101. The molecule has 0 bridgehead atoms. The van der Waals surface area contributed by atoms with Crippen molar-refractivity contribution in [3.05, 3.63) is 106 Å². The van der Waals surface area contributed by atoms with Crippen molar-refractivity contribution in [1.82, 2.24) is 14.8 Å². The number of aryl methyl sites for hydroxylation is 1. The summed E-state index contributed by atoms with van der Waals surface area (Å²) in [6.45, 7) is 2.05. The largest absolute Gasteiger partial charge is 0.320 e. The fourth-order valence-corrected chi connectivity index (χ4v) is 4.41. The van der Waals surface area contributed by atoms with Gasteiger partial charge in [0.25, 0.3) is 5.91 Å². The molecule has 33 heavy (non-hydrogen) atoms. The number of nitrogens with zero attached hydrogens (tertiary/aromatic N) is 3. The molecule has 6 nitrogen and oxygen atoms in total. The normalized spacial score (nSPS) is 11.0. The van der Waals surface area contributed by atoms with Crippen LogP contribution in [0.5, 0.6) is 0 Å². The highest BCUT2D eigenvalue weighted by atomic mass is 32.1. The van der Waals surface area contributed by atoms with Crippen molar-refractivity contribution in [1.29, 1.82) is 0 Å². The number of amides is 1. The molecule has 3 aromatic carbocycles. The molecule has 0 aliphatic rings. The van der Waals surface area contributed by atoms with Gasteiger partial charge in [-0.05, 0) is 73.2 Å². The van der Waals surface area contributed by atoms with E-state index >= 15 is 0 Å². The van der Waals surface area contributed by atoms with Crippen LogP contribution < -0.4 is 10.7 Å². The lowest BCUT2D eigenvalue weighted by Crippen LogP contribution is -2.25. The Morgan fingerprint density at radius 1 is 1.00 bits per heavy atom. The minimum absolute atomic E-state index is 0.257. The van der Waals surface area contributed by atoms with Gasteiger partial charge in [-0.2, -0.15) is 5.10 Å². The lowest BCUT2D eigenvalue weighted by atomic mass is 10.2. The van der Waals surface area contributed by atoms with Gasteiger partial charge >= 0.3 is 0 Å². The number of carbonyl (C=O) groups is 1. The zero-order valence-corrected chi connectivity index (χ0v) is 18.3. The van der Waals surface area contributed by atoms with Gasteiger partial charge in [0.15, 0.2) is 5.69 Å². The SMILES string of the molecule is Cc1ccc2nc(-c3ccc(NC(=O)c4nn(-c5ccc(F)cc5)ccc4=O)cc3)sc2c1. The Morgan fingerprint density at radius 3 is 2.52 bits per heavy atom. The number of rotatable bonds is 4. The van der Waals surface area contributed by atoms with Crippen LogP contribution in [0.15, 0.2) is 83.8 Å². The Balaban J connectivity index is 1.37. The second-order valence-corrected chi connectivity index (χ2v) is 8.50. The molecule has 1 N–H and O–H groups in total. The second-order valence-electron chi connectivity index (χ2n) is 7.47. The van der Waals surface area contributed by atoms with E-state index in [1.807, 2.05) is 31.2 Å². The molecule has 0 saturated heterocycles. The van der Waals surface area contributed by atoms with Gasteiger partial charge in [-0.1, -0.05) is 6.07 Å². The van der Waals surface area contributed by atoms with E-state index in [2.05, 4.69) is 21.5 Å². The van der Waals surface area contributed by atoms with Crippen molar-refractivity contribution < 1.29 is 9.18 Å². The van der Waals surface area contributed by atoms with E-state index in [1.54, 1.807) is 23.5 Å². The third kappa shape index (κ3) is 4.28. The molecule has 5 rings (SSSR count). The standard InChI is InChI=1S/C25H17FN4O2S/c1-15-2-11-20-22(14-15)33-25(28-20)16-3-7-18(8-4-16)27-24(32)23-21(31)12-13-30(29-23)19-9-5-17(26)6-10-19/h2-14H,1H3,(H,27,32). The van der Waals surface area contributed by atoms with Crippen LogP contribution in [0.4, 0.5) is 10.1 Å². The van der Waals surface area contributed by atoms with Crippen molar-refractivity contribution in [3.8, 4) is 16.3 Å². The molecule has 1 amide bonds. The number of aromatic nitrogens is 3. The van der Waals surface area contributed by atoms with Crippen molar-refractivity contribution >= 4 is 33.1 Å². The zero-order chi connectivity index (χ0) is 22.9. The number of nitrogens with one attached hydrogen (secondary N) is 1. The quantitative estimate of drug-likeness (QED) is 0.403. The second kappa shape index (κ2) is 8.40. The molecule has 0 atom stereocenters. The first kappa shape index (κ1) is 20.7. The van der Waals surface area contributed by atoms with Gasteiger partial charge in [0.05, 0.1) is 15.9 Å². The third-order valence-corrected chi connectivity index (χ3v) is 6.12. The fourth-order valence-electron chi connectivity index (χ4n) is 3.34. The monoisotopic (exact) mass is 456 g/mol. The summed E-state index contributed by atoms with van der Waals surface area (Å²) in [5.74, 6) is -1.01. The molecular weight excluding hydrogens is 439 g/mol. The predicted octanol–water partition coefficient (Wildman–Crippen LogP) is 5.21. The maximum absolute atomic E-state index is 13.2. The van der Waals surface area contributed by atoms with Crippen molar-refractivity contribution in [2.75, 3.05) is 5.32 Å². The van der Waals surface area contributed by atoms with Gasteiger partial charge in [-0.25, -0.2) is 14.1 Å². The number of carbonyl (C=O) groups excluding carboxylic acids is 1. The Kier molecular flexibility index (Phi) is 5.27. The topological polar surface area (TPSA) is 76.9 Å². The summed E-state index contributed by atoms with van der Waals surface area (Å²) in [6.07, 6.45) is 1.43. The van der Waals surface area contributed by atoms with Crippen LogP contribution in [0.2, 0.25) is 0 Å². The number of hydrogen-bond acceptors (Lipinski definition) is 5. The number of fused-ring (bicyclic) bond motifs is 1. The van der Waals surface area contributed by atoms with Gasteiger partial charge in [0.1, 0.15) is 10.8 Å². The van der Waals surface area contributed by atoms with Crippen LogP contribution in [0.1, 0.15) is 16.1 Å². The zero-order valence-electron chi connectivity index (χ0n) is 17.4. The predicted molar refractivity (Wildman–Crippen MR) is 128 cm³/mol. The molecule has 0 radical (unpaired) electrons. The van der Waals surface area contributed by atoms with Gasteiger partial charge in [-0.3, -0.25) is 9.59 Å². The number of hydrogen-bond donors (Lipinski definition) is 1. The summed E-state index contributed by atoms with van der Waals surface area (Å²) in [4.78, 5) is 29.6. The highest BCUT2D eigenvalue weighted by Crippen LogP contribution is 2.31. The van der Waals surface area contributed by atoms with E-state index in [9.17, 15) is 14.0 Å². The van der Waals surface area contributed by atoms with E-state index < -0.39 is 11.3 Å². The number of halogens is 1. The van der Waals surface area contributed by atoms with E-state index in [-0.39, 0.29) is 11.5 Å². The summed E-state index contributed by atoms with van der Waals surface area (Å²) in [6, 6.07) is 20.2. The molecule has 0 aliphatic carbocycles. The van der Waals surface area contributed by atoms with Gasteiger partial charge in [-0.15, -0.1) is 11.3 Å². The summed E-state index contributed by atoms with van der Waals surface area (Å²) in [5, 5.41) is 7.72. The molecule has 0 unspecified atom stereocenters. The van der Waals surface area contributed by atoms with Crippen molar-refractivity contribution in [2.24, 2.45) is 0 Å². The first-order chi connectivity index (χ1) is 16.0. The van der Waals surface area contributed by atoms with Gasteiger partial charge < -0.3 is 5.32 Å². The first-order valence-electron chi connectivity index (χ1n) is 10.1. The van der Waals surface area contributed by atoms with Crippen LogP contribution in [0, 0.1) is 12.7 Å². The lowest BCUT2D eigenvalue weighted by Gasteiger charge is -2.08. The summed E-state index contributed by atoms with van der Waals surface area (Å²) >= 11 is 1.61. The molecule has 2 heterocycles. The van der Waals surface area contributed by atoms with Gasteiger partial charge in [0.2, 0.25) is 5.43 Å². The summed E-state index contributed by atoms with van der Waals surface area (Å²) in [7, 11) is 0. The number of benzene rings is 3. The van der Waals surface area contributed by atoms with Crippen molar-refractivity contribution in [3.63, 3.8) is 0 Å². The van der Waals surface area contributed by atoms with Gasteiger partial charge in [0, 0.05) is 23.5 Å². The maximum Gasteiger partial charge on any atom is 0.280 e. The Hall–Kier alpha value is -4.17. The molecule has 0 spiro atoms. The average Bonchev–Trinajstić information content (AvgIpc) is 3.23. The Morgan fingerprint density at radius 2 is 1.76 bits per heavy atom. The van der Waals surface area contributed by atoms with Crippen LogP contribution >= 0.6 is 11.3 Å².